The molecule has 0 amide bonds. The number of pyridine rings is 1. The number of benzene rings is 2. The van der Waals surface area contributed by atoms with Crippen LogP contribution in [0.15, 0.2) is 42.5 Å². The molecule has 0 unspecified atom stereocenters. The summed E-state index contributed by atoms with van der Waals surface area (Å²) in [5, 5.41) is -0.0402. The Bertz CT molecular complexity index is 1450. The van der Waals surface area contributed by atoms with E-state index < -0.39 is 26.1 Å². The fourth-order valence-corrected chi connectivity index (χ4v) is 7.83. The van der Waals surface area contributed by atoms with Crippen molar-refractivity contribution in [1.29, 1.82) is 0 Å². The maximum absolute atomic E-state index is 17.2. The second kappa shape index (κ2) is 11.2. The smallest absolute Gasteiger partial charge is 0.192 e. The fourth-order valence-electron chi connectivity index (χ4n) is 6.56. The highest BCUT2D eigenvalue weighted by atomic mass is 28.4. The lowest BCUT2D eigenvalue weighted by Crippen LogP contribution is -2.44. The van der Waals surface area contributed by atoms with E-state index in [1.807, 2.05) is 31.2 Å². The lowest BCUT2D eigenvalue weighted by Gasteiger charge is -2.45. The predicted molar refractivity (Wildman–Crippen MR) is 168 cm³/mol. The molecule has 0 bridgehead atoms. The lowest BCUT2D eigenvalue weighted by atomic mass is 9.71. The summed E-state index contributed by atoms with van der Waals surface area (Å²) in [6.07, 6.45) is 3.72. The fraction of sp³-hybridized carbons (Fsp3) is 0.528. The molecule has 0 aliphatic heterocycles. The van der Waals surface area contributed by atoms with Gasteiger partial charge in [0.05, 0.1) is 11.8 Å². The molecule has 0 radical (unpaired) electrons. The highest BCUT2D eigenvalue weighted by Gasteiger charge is 2.45. The van der Waals surface area contributed by atoms with Crippen molar-refractivity contribution in [2.75, 3.05) is 0 Å². The number of hydrogen-bond acceptors (Lipinski definition) is 2. The quantitative estimate of drug-likeness (QED) is 0.265. The molecule has 0 saturated heterocycles. The third-order valence-corrected chi connectivity index (χ3v) is 14.4. The van der Waals surface area contributed by atoms with Crippen molar-refractivity contribution in [1.82, 2.24) is 4.98 Å². The van der Waals surface area contributed by atoms with E-state index in [0.29, 0.717) is 22.3 Å². The van der Waals surface area contributed by atoms with Crippen molar-refractivity contribution in [2.24, 2.45) is 5.41 Å². The molecule has 1 heterocycles. The van der Waals surface area contributed by atoms with Gasteiger partial charge in [0.25, 0.3) is 0 Å². The van der Waals surface area contributed by atoms with Crippen LogP contribution in [-0.2, 0) is 10.8 Å². The molecule has 1 aromatic heterocycles. The maximum atomic E-state index is 17.2. The first kappa shape index (κ1) is 31.0. The number of nitrogens with zero attached hydrogens (tertiary/aromatic N) is 1. The third-order valence-electron chi connectivity index (χ3n) is 9.90. The van der Waals surface area contributed by atoms with Crippen molar-refractivity contribution in [3.63, 3.8) is 0 Å². The number of fused-ring (bicyclic) bond motifs is 1. The molecule has 5 rings (SSSR count). The molecule has 2 aliphatic rings. The zero-order valence-corrected chi connectivity index (χ0v) is 27.5. The molecule has 2 aromatic carbocycles. The molecule has 226 valence electrons. The topological polar surface area (TPSA) is 22.1 Å². The van der Waals surface area contributed by atoms with Gasteiger partial charge in [-0.25, -0.2) is 13.2 Å². The number of hydrogen-bond donors (Lipinski definition) is 0. The minimum atomic E-state index is -2.28. The number of rotatable bonds is 6. The van der Waals surface area contributed by atoms with Gasteiger partial charge in [0, 0.05) is 22.7 Å². The number of aryl methyl sites for hydroxylation is 1. The third kappa shape index (κ3) is 5.99. The van der Waals surface area contributed by atoms with Gasteiger partial charge in [0.15, 0.2) is 26.1 Å². The Morgan fingerprint density at radius 1 is 0.976 bits per heavy atom. The highest BCUT2D eigenvalue weighted by molar-refractivity contribution is 6.74. The van der Waals surface area contributed by atoms with E-state index in [9.17, 15) is 8.78 Å². The SMILES string of the molecule is Cc1ccc([C@H](F)c2c(C3CCCC3)nc3c(c2-c2ccc(F)c(F)c2)[C@@H](O[Si](C)(C)C(C)(C)C)CC(C)(C)C3)cc1. The lowest BCUT2D eigenvalue weighted by molar-refractivity contribution is 0.106. The predicted octanol–water partition coefficient (Wildman–Crippen LogP) is 11.1. The molecule has 1 fully saturated rings. The van der Waals surface area contributed by atoms with Gasteiger partial charge in [-0.05, 0) is 85.0 Å². The average molecular weight is 594 g/mol. The average Bonchev–Trinajstić information content (AvgIpc) is 3.43. The number of halogens is 3. The van der Waals surface area contributed by atoms with Crippen LogP contribution in [0.5, 0.6) is 0 Å². The van der Waals surface area contributed by atoms with E-state index in [4.69, 9.17) is 9.41 Å². The van der Waals surface area contributed by atoms with Crippen molar-refractivity contribution < 1.29 is 17.6 Å². The second-order valence-corrected chi connectivity index (χ2v) is 19.7. The van der Waals surface area contributed by atoms with Gasteiger partial charge in [-0.3, -0.25) is 4.98 Å². The van der Waals surface area contributed by atoms with E-state index >= 15 is 4.39 Å². The van der Waals surface area contributed by atoms with Crippen LogP contribution in [-0.4, -0.2) is 13.3 Å². The minimum Gasteiger partial charge on any atom is -0.410 e. The molecule has 2 atom stereocenters. The summed E-state index contributed by atoms with van der Waals surface area (Å²) >= 11 is 0. The monoisotopic (exact) mass is 593 g/mol. The minimum absolute atomic E-state index is 0.0402. The molecule has 1 saturated carbocycles. The highest BCUT2D eigenvalue weighted by Crippen LogP contribution is 2.53. The summed E-state index contributed by atoms with van der Waals surface area (Å²) in [5.74, 6) is -1.72. The first-order valence-corrected chi connectivity index (χ1v) is 18.4. The largest absolute Gasteiger partial charge is 0.410 e. The van der Waals surface area contributed by atoms with Gasteiger partial charge in [-0.2, -0.15) is 0 Å². The van der Waals surface area contributed by atoms with Gasteiger partial charge in [0.2, 0.25) is 0 Å². The van der Waals surface area contributed by atoms with E-state index in [2.05, 4.69) is 47.7 Å². The van der Waals surface area contributed by atoms with Gasteiger partial charge in [0.1, 0.15) is 0 Å². The van der Waals surface area contributed by atoms with Crippen molar-refractivity contribution in [3.05, 3.63) is 87.7 Å². The summed E-state index contributed by atoms with van der Waals surface area (Å²) in [6.45, 7) is 17.6. The number of alkyl halides is 1. The van der Waals surface area contributed by atoms with Crippen LogP contribution in [0.3, 0.4) is 0 Å². The molecule has 42 heavy (non-hydrogen) atoms. The van der Waals surface area contributed by atoms with Gasteiger partial charge < -0.3 is 4.43 Å². The van der Waals surface area contributed by atoms with Gasteiger partial charge in [-0.15, -0.1) is 0 Å². The Hall–Kier alpha value is -2.44. The van der Waals surface area contributed by atoms with Crippen LogP contribution >= 0.6 is 0 Å². The maximum Gasteiger partial charge on any atom is 0.192 e. The Labute approximate surface area is 251 Å². The standard InChI is InChI=1S/C36H46F3NOSi/c1-22-13-15-23(16-14-22)33(39)32-30(25-17-18-26(37)27(38)19-25)31-28(40-34(32)24-11-9-10-12-24)20-36(5,6)21-29(31)41-42(7,8)35(2,3)4/h13-19,24,29,33H,9-12,20-21H2,1-8H3/t29-,33-/m0/s1. The zero-order valence-electron chi connectivity index (χ0n) is 26.5. The summed E-state index contributed by atoms with van der Waals surface area (Å²) in [7, 11) is -2.28. The van der Waals surface area contributed by atoms with E-state index in [1.54, 1.807) is 6.07 Å². The summed E-state index contributed by atoms with van der Waals surface area (Å²) in [6, 6.07) is 11.5. The molecule has 0 N–H and O–H groups in total. The summed E-state index contributed by atoms with van der Waals surface area (Å²) in [5.41, 5.74) is 5.70. The van der Waals surface area contributed by atoms with Crippen LogP contribution in [0.2, 0.25) is 18.1 Å². The van der Waals surface area contributed by atoms with Crippen molar-refractivity contribution in [3.8, 4) is 11.1 Å². The molecule has 2 aliphatic carbocycles. The van der Waals surface area contributed by atoms with Crippen LogP contribution < -0.4 is 0 Å². The molecular formula is C36H46F3NOSi. The first-order valence-electron chi connectivity index (χ1n) is 15.5. The normalized spacial score (nSPS) is 20.0. The summed E-state index contributed by atoms with van der Waals surface area (Å²) < 4.78 is 53.6. The molecule has 0 spiro atoms. The Balaban J connectivity index is 1.86. The van der Waals surface area contributed by atoms with E-state index in [1.165, 1.54) is 6.07 Å². The molecular weight excluding hydrogens is 547 g/mol. The van der Waals surface area contributed by atoms with Gasteiger partial charge in [-0.1, -0.05) is 83.4 Å². The number of aromatic nitrogens is 1. The Morgan fingerprint density at radius 2 is 1.62 bits per heavy atom. The van der Waals surface area contributed by atoms with Crippen LogP contribution in [0.1, 0.15) is 119 Å². The van der Waals surface area contributed by atoms with Crippen LogP contribution in [0.4, 0.5) is 13.2 Å². The molecule has 6 heteroatoms. The van der Waals surface area contributed by atoms with E-state index in [0.717, 1.165) is 67.1 Å². The van der Waals surface area contributed by atoms with Crippen LogP contribution in [0.25, 0.3) is 11.1 Å². The van der Waals surface area contributed by atoms with E-state index in [-0.39, 0.29) is 22.5 Å². The van der Waals surface area contributed by atoms with Crippen molar-refractivity contribution >= 4 is 8.32 Å². The van der Waals surface area contributed by atoms with Crippen molar-refractivity contribution in [2.45, 2.75) is 116 Å². The van der Waals surface area contributed by atoms with Gasteiger partial charge >= 0.3 is 0 Å². The Kier molecular flexibility index (Phi) is 8.30. The second-order valence-electron chi connectivity index (χ2n) is 14.9. The zero-order chi connectivity index (χ0) is 30.6. The van der Waals surface area contributed by atoms with Crippen LogP contribution in [0, 0.1) is 24.0 Å². The molecule has 3 aromatic rings. The summed E-state index contributed by atoms with van der Waals surface area (Å²) in [4.78, 5) is 5.35. The molecule has 2 nitrogen and oxygen atoms in total. The first-order chi connectivity index (χ1) is 19.6. The Morgan fingerprint density at radius 3 is 2.21 bits per heavy atom.